The van der Waals surface area contributed by atoms with Crippen LogP contribution in [0.3, 0.4) is 0 Å². The zero-order valence-electron chi connectivity index (χ0n) is 16.7. The predicted molar refractivity (Wildman–Crippen MR) is 107 cm³/mol. The average molecular weight is 370 g/mol. The maximum atomic E-state index is 12.7. The third-order valence-corrected chi connectivity index (χ3v) is 4.27. The van der Waals surface area contributed by atoms with Gasteiger partial charge in [-0.05, 0) is 44.0 Å². The number of nitrogens with one attached hydrogen (secondary N) is 1. The van der Waals surface area contributed by atoms with Crippen LogP contribution in [0.15, 0.2) is 30.3 Å². The number of benzene rings is 2. The Morgan fingerprint density at radius 1 is 1.00 bits per heavy atom. The van der Waals surface area contributed by atoms with Gasteiger partial charge in [-0.3, -0.25) is 9.59 Å². The number of anilines is 2. The summed E-state index contributed by atoms with van der Waals surface area (Å²) in [7, 11) is 3.08. The SMILES string of the molecule is COc1ccc(OC)c(NC(=O)CN(C(C)=O)c2c(C)cc(C)cc2C)c1. The van der Waals surface area contributed by atoms with Crippen molar-refractivity contribution in [3.05, 3.63) is 47.0 Å². The molecule has 1 N–H and O–H groups in total. The molecule has 2 amide bonds. The van der Waals surface area contributed by atoms with Crippen LogP contribution in [0.4, 0.5) is 11.4 Å². The molecular weight excluding hydrogens is 344 g/mol. The van der Waals surface area contributed by atoms with E-state index < -0.39 is 0 Å². The lowest BCUT2D eigenvalue weighted by atomic mass is 10.0. The number of rotatable bonds is 6. The van der Waals surface area contributed by atoms with Gasteiger partial charge in [-0.2, -0.15) is 0 Å². The zero-order valence-corrected chi connectivity index (χ0v) is 16.7. The summed E-state index contributed by atoms with van der Waals surface area (Å²) in [6, 6.07) is 9.14. The summed E-state index contributed by atoms with van der Waals surface area (Å²) in [4.78, 5) is 26.4. The van der Waals surface area contributed by atoms with Crippen molar-refractivity contribution >= 4 is 23.2 Å². The number of ether oxygens (including phenoxy) is 2. The van der Waals surface area contributed by atoms with Gasteiger partial charge in [0.25, 0.3) is 0 Å². The highest BCUT2D eigenvalue weighted by atomic mass is 16.5. The second-order valence-corrected chi connectivity index (χ2v) is 6.47. The van der Waals surface area contributed by atoms with Gasteiger partial charge in [-0.25, -0.2) is 0 Å². The van der Waals surface area contributed by atoms with E-state index in [1.54, 1.807) is 25.3 Å². The highest BCUT2D eigenvalue weighted by Gasteiger charge is 2.20. The molecule has 144 valence electrons. The minimum Gasteiger partial charge on any atom is -0.497 e. The zero-order chi connectivity index (χ0) is 20.1. The Kier molecular flexibility index (Phi) is 6.45. The topological polar surface area (TPSA) is 67.9 Å². The molecule has 6 nitrogen and oxygen atoms in total. The van der Waals surface area contributed by atoms with E-state index in [9.17, 15) is 9.59 Å². The van der Waals surface area contributed by atoms with E-state index in [1.165, 1.54) is 18.9 Å². The molecule has 0 aromatic heterocycles. The highest BCUT2D eigenvalue weighted by Crippen LogP contribution is 2.30. The fourth-order valence-corrected chi connectivity index (χ4v) is 3.19. The molecule has 0 saturated heterocycles. The van der Waals surface area contributed by atoms with Gasteiger partial charge in [-0.15, -0.1) is 0 Å². The summed E-state index contributed by atoms with van der Waals surface area (Å²) < 4.78 is 10.5. The Bertz CT molecular complexity index is 838. The lowest BCUT2D eigenvalue weighted by Crippen LogP contribution is -2.37. The molecule has 0 saturated carbocycles. The summed E-state index contributed by atoms with van der Waals surface area (Å²) in [6.45, 7) is 7.24. The molecule has 2 aromatic rings. The van der Waals surface area contributed by atoms with Crippen LogP contribution in [-0.2, 0) is 9.59 Å². The summed E-state index contributed by atoms with van der Waals surface area (Å²) in [5.74, 6) is 0.593. The van der Waals surface area contributed by atoms with Crippen molar-refractivity contribution in [1.29, 1.82) is 0 Å². The second kappa shape index (κ2) is 8.58. The first-order chi connectivity index (χ1) is 12.8. The average Bonchev–Trinajstić information content (AvgIpc) is 2.59. The Labute approximate surface area is 160 Å². The molecule has 2 aromatic carbocycles. The maximum Gasteiger partial charge on any atom is 0.244 e. The molecule has 2 rings (SSSR count). The van der Waals surface area contributed by atoms with Crippen LogP contribution in [0, 0.1) is 20.8 Å². The van der Waals surface area contributed by atoms with Crippen LogP contribution in [0.25, 0.3) is 0 Å². The van der Waals surface area contributed by atoms with Crippen molar-refractivity contribution in [1.82, 2.24) is 0 Å². The molecule has 0 aliphatic rings. The van der Waals surface area contributed by atoms with Gasteiger partial charge in [0.15, 0.2) is 0 Å². The summed E-state index contributed by atoms with van der Waals surface area (Å²) >= 11 is 0. The molecule has 0 heterocycles. The Balaban J connectivity index is 2.28. The van der Waals surface area contributed by atoms with Crippen molar-refractivity contribution in [2.24, 2.45) is 0 Å². The lowest BCUT2D eigenvalue weighted by Gasteiger charge is -2.25. The minimum atomic E-state index is -0.323. The Morgan fingerprint density at radius 3 is 2.15 bits per heavy atom. The highest BCUT2D eigenvalue weighted by molar-refractivity contribution is 6.03. The van der Waals surface area contributed by atoms with Crippen molar-refractivity contribution in [2.45, 2.75) is 27.7 Å². The van der Waals surface area contributed by atoms with Gasteiger partial charge in [-0.1, -0.05) is 17.7 Å². The number of amides is 2. The van der Waals surface area contributed by atoms with Crippen molar-refractivity contribution < 1.29 is 19.1 Å². The standard InChI is InChI=1S/C21H26N2O4/c1-13-9-14(2)21(15(3)10-13)23(16(4)24)12-20(25)22-18-11-17(26-5)7-8-19(18)27-6/h7-11H,12H2,1-6H3,(H,22,25). The molecule has 27 heavy (non-hydrogen) atoms. The quantitative estimate of drug-likeness (QED) is 0.843. The number of carbonyl (C=O) groups excluding carboxylic acids is 2. The van der Waals surface area contributed by atoms with Crippen molar-refractivity contribution in [2.75, 3.05) is 31.0 Å². The molecule has 0 aliphatic carbocycles. The van der Waals surface area contributed by atoms with Crippen LogP contribution in [-0.4, -0.2) is 32.6 Å². The molecule has 0 fully saturated rings. The van der Waals surface area contributed by atoms with E-state index in [4.69, 9.17) is 9.47 Å². The summed E-state index contributed by atoms with van der Waals surface area (Å²) in [6.07, 6.45) is 0. The predicted octanol–water partition coefficient (Wildman–Crippen LogP) is 3.62. The first-order valence-corrected chi connectivity index (χ1v) is 8.64. The lowest BCUT2D eigenvalue weighted by molar-refractivity contribution is -0.120. The Morgan fingerprint density at radius 2 is 1.63 bits per heavy atom. The molecule has 0 unspecified atom stereocenters. The summed E-state index contributed by atoms with van der Waals surface area (Å²) in [5.41, 5.74) is 4.27. The third-order valence-electron chi connectivity index (χ3n) is 4.27. The molecule has 0 atom stereocenters. The normalized spacial score (nSPS) is 10.3. The minimum absolute atomic E-state index is 0.0968. The van der Waals surface area contributed by atoms with Crippen molar-refractivity contribution in [3.8, 4) is 11.5 Å². The van der Waals surface area contributed by atoms with Gasteiger partial charge in [0.05, 0.1) is 25.6 Å². The van der Waals surface area contributed by atoms with Crippen LogP contribution in [0.1, 0.15) is 23.6 Å². The fourth-order valence-electron chi connectivity index (χ4n) is 3.19. The maximum absolute atomic E-state index is 12.7. The number of hydrogen-bond acceptors (Lipinski definition) is 4. The van der Waals surface area contributed by atoms with Crippen LogP contribution in [0.2, 0.25) is 0 Å². The van der Waals surface area contributed by atoms with Gasteiger partial charge >= 0.3 is 0 Å². The van der Waals surface area contributed by atoms with Crippen LogP contribution < -0.4 is 19.7 Å². The van der Waals surface area contributed by atoms with E-state index in [0.717, 1.165) is 22.4 Å². The number of hydrogen-bond donors (Lipinski definition) is 1. The smallest absolute Gasteiger partial charge is 0.244 e. The van der Waals surface area contributed by atoms with E-state index >= 15 is 0 Å². The van der Waals surface area contributed by atoms with Gasteiger partial charge in [0.1, 0.15) is 18.0 Å². The second-order valence-electron chi connectivity index (χ2n) is 6.47. The van der Waals surface area contributed by atoms with E-state index in [1.807, 2.05) is 32.9 Å². The fraction of sp³-hybridized carbons (Fsp3) is 0.333. The van der Waals surface area contributed by atoms with Crippen LogP contribution >= 0.6 is 0 Å². The largest absolute Gasteiger partial charge is 0.497 e. The summed E-state index contributed by atoms with van der Waals surface area (Å²) in [5, 5.41) is 2.80. The number of methoxy groups -OCH3 is 2. The Hall–Kier alpha value is -3.02. The van der Waals surface area contributed by atoms with Crippen LogP contribution in [0.5, 0.6) is 11.5 Å². The van der Waals surface area contributed by atoms with Gasteiger partial charge in [0, 0.05) is 13.0 Å². The van der Waals surface area contributed by atoms with Gasteiger partial charge < -0.3 is 19.7 Å². The van der Waals surface area contributed by atoms with Crippen molar-refractivity contribution in [3.63, 3.8) is 0 Å². The molecule has 0 bridgehead atoms. The van der Waals surface area contributed by atoms with E-state index in [0.29, 0.717) is 17.2 Å². The van der Waals surface area contributed by atoms with Gasteiger partial charge in [0.2, 0.25) is 11.8 Å². The number of nitrogens with zero attached hydrogens (tertiary/aromatic N) is 1. The van der Waals surface area contributed by atoms with E-state index in [2.05, 4.69) is 5.32 Å². The molecule has 0 radical (unpaired) electrons. The molecule has 6 heteroatoms. The first kappa shape index (κ1) is 20.3. The molecule has 0 aliphatic heterocycles. The molecular formula is C21H26N2O4. The van der Waals surface area contributed by atoms with E-state index in [-0.39, 0.29) is 18.4 Å². The number of aryl methyl sites for hydroxylation is 3. The first-order valence-electron chi connectivity index (χ1n) is 8.64. The monoisotopic (exact) mass is 370 g/mol. The number of carbonyl (C=O) groups is 2. The third kappa shape index (κ3) is 4.78. The molecule has 0 spiro atoms.